The number of ether oxygens (including phenoxy) is 1. The number of carbonyl (C=O) groups excluding carboxylic acids is 1. The molecule has 138 valence electrons. The van der Waals surface area contributed by atoms with E-state index in [4.69, 9.17) is 4.74 Å². The highest BCUT2D eigenvalue weighted by atomic mass is 16.6. The quantitative estimate of drug-likeness (QED) is 0.608. The fraction of sp³-hybridized carbons (Fsp3) is 0.458. The summed E-state index contributed by atoms with van der Waals surface area (Å²) in [5.41, 5.74) is 5.25. The third-order valence-corrected chi connectivity index (χ3v) is 6.49. The fourth-order valence-electron chi connectivity index (χ4n) is 5.14. The van der Waals surface area contributed by atoms with Crippen molar-refractivity contribution in [2.24, 2.45) is 0 Å². The van der Waals surface area contributed by atoms with Gasteiger partial charge in [-0.05, 0) is 49.9 Å². The number of benzene rings is 1. The normalized spacial score (nSPS) is 28.4. The summed E-state index contributed by atoms with van der Waals surface area (Å²) < 4.78 is 5.88. The molecule has 2 saturated heterocycles. The van der Waals surface area contributed by atoms with E-state index in [2.05, 4.69) is 47.9 Å². The predicted octanol–water partition coefficient (Wildman–Crippen LogP) is 3.78. The second-order valence-corrected chi connectivity index (χ2v) is 8.10. The molecule has 27 heavy (non-hydrogen) atoms. The Hall–Kier alpha value is -2.31. The number of rotatable bonds is 3. The molecule has 0 bridgehead atoms. The van der Waals surface area contributed by atoms with Gasteiger partial charge < -0.3 is 4.74 Å². The van der Waals surface area contributed by atoms with Crippen molar-refractivity contribution in [1.29, 1.82) is 0 Å². The Morgan fingerprint density at radius 3 is 2.89 bits per heavy atom. The minimum absolute atomic E-state index is 0.202. The summed E-state index contributed by atoms with van der Waals surface area (Å²) in [7, 11) is 0. The van der Waals surface area contributed by atoms with Gasteiger partial charge in [-0.25, -0.2) is 4.79 Å². The molecule has 0 saturated carbocycles. The van der Waals surface area contributed by atoms with E-state index in [1.165, 1.54) is 36.8 Å². The van der Waals surface area contributed by atoms with Crippen molar-refractivity contribution in [2.75, 3.05) is 13.1 Å². The van der Waals surface area contributed by atoms with E-state index in [0.29, 0.717) is 6.04 Å². The van der Waals surface area contributed by atoms with Gasteiger partial charge in [0.1, 0.15) is 0 Å². The van der Waals surface area contributed by atoms with Crippen molar-refractivity contribution >= 4 is 5.97 Å². The Kier molecular flexibility index (Phi) is 3.98. The third kappa shape index (κ3) is 2.51. The van der Waals surface area contributed by atoms with Gasteiger partial charge in [0.2, 0.25) is 0 Å². The van der Waals surface area contributed by atoms with Crippen LogP contribution in [0.4, 0.5) is 0 Å². The SMILES string of the molecule is CCCCc1ccc(C#CC2=C3CN4CCCCC4[C@]34OC(=O)C=C24)cc1. The summed E-state index contributed by atoms with van der Waals surface area (Å²) in [4.78, 5) is 14.6. The van der Waals surface area contributed by atoms with Gasteiger partial charge in [-0.3, -0.25) is 4.90 Å². The van der Waals surface area contributed by atoms with Crippen LogP contribution in [0.15, 0.2) is 47.1 Å². The summed E-state index contributed by atoms with van der Waals surface area (Å²) in [6.07, 6.45) is 8.81. The maximum Gasteiger partial charge on any atom is 0.332 e. The lowest BCUT2D eigenvalue weighted by Gasteiger charge is -2.43. The zero-order chi connectivity index (χ0) is 18.4. The molecule has 1 aromatic carbocycles. The van der Waals surface area contributed by atoms with Crippen molar-refractivity contribution in [1.82, 2.24) is 4.90 Å². The predicted molar refractivity (Wildman–Crippen MR) is 105 cm³/mol. The van der Waals surface area contributed by atoms with Gasteiger partial charge in [0, 0.05) is 34.9 Å². The number of hydrogen-bond acceptors (Lipinski definition) is 3. The van der Waals surface area contributed by atoms with Crippen LogP contribution in [0, 0.1) is 11.8 Å². The maximum atomic E-state index is 12.1. The zero-order valence-corrected chi connectivity index (χ0v) is 15.9. The highest BCUT2D eigenvalue weighted by Gasteiger charge is 2.66. The Morgan fingerprint density at radius 2 is 2.07 bits per heavy atom. The second-order valence-electron chi connectivity index (χ2n) is 8.10. The number of carbonyl (C=O) groups is 1. The lowest BCUT2D eigenvalue weighted by atomic mass is 9.67. The molecule has 3 heterocycles. The van der Waals surface area contributed by atoms with Gasteiger partial charge in [-0.1, -0.05) is 43.7 Å². The number of unbranched alkanes of at least 4 members (excludes halogenated alkanes) is 1. The van der Waals surface area contributed by atoms with E-state index in [9.17, 15) is 4.79 Å². The summed E-state index contributed by atoms with van der Waals surface area (Å²) in [5.74, 6) is 6.48. The molecule has 1 spiro atoms. The summed E-state index contributed by atoms with van der Waals surface area (Å²) in [5, 5.41) is 0. The molecule has 0 N–H and O–H groups in total. The zero-order valence-electron chi connectivity index (χ0n) is 15.9. The van der Waals surface area contributed by atoms with Gasteiger partial charge in [0.05, 0.1) is 6.04 Å². The third-order valence-electron chi connectivity index (χ3n) is 6.49. The molecule has 1 aliphatic carbocycles. The standard InChI is InChI=1S/C24H25NO2/c1-2-3-6-17-8-10-18(11-9-17)12-13-19-20-15-23(26)27-24(20)21(19)16-25-14-5-4-7-22(24)25/h8-11,15,22H,2-7,14,16H2,1H3/t22?,24-/m1/s1. The molecular formula is C24H25NO2. The Labute approximate surface area is 161 Å². The van der Waals surface area contributed by atoms with Crippen molar-refractivity contribution in [3.8, 4) is 11.8 Å². The highest BCUT2D eigenvalue weighted by molar-refractivity contribution is 5.94. The minimum Gasteiger partial charge on any atom is -0.445 e. The molecule has 1 aromatic rings. The van der Waals surface area contributed by atoms with Crippen LogP contribution < -0.4 is 0 Å². The van der Waals surface area contributed by atoms with E-state index in [1.54, 1.807) is 6.08 Å². The summed E-state index contributed by atoms with van der Waals surface area (Å²) in [6.45, 7) is 4.21. The number of fused-ring (bicyclic) bond motifs is 1. The minimum atomic E-state index is -0.467. The molecule has 4 aliphatic rings. The van der Waals surface area contributed by atoms with E-state index in [1.807, 2.05) is 0 Å². The molecule has 2 atom stereocenters. The summed E-state index contributed by atoms with van der Waals surface area (Å²) in [6, 6.07) is 8.90. The Bertz CT molecular complexity index is 912. The molecule has 2 fully saturated rings. The Morgan fingerprint density at radius 1 is 1.22 bits per heavy atom. The average molecular weight is 359 g/mol. The van der Waals surface area contributed by atoms with Crippen LogP contribution in [0.3, 0.4) is 0 Å². The monoisotopic (exact) mass is 359 g/mol. The first-order valence-electron chi connectivity index (χ1n) is 10.3. The lowest BCUT2D eigenvalue weighted by Crippen LogP contribution is -2.52. The van der Waals surface area contributed by atoms with Gasteiger partial charge in [0.25, 0.3) is 0 Å². The second kappa shape index (κ2) is 6.39. The Balaban J connectivity index is 1.44. The topological polar surface area (TPSA) is 29.5 Å². The lowest BCUT2D eigenvalue weighted by molar-refractivity contribution is -0.146. The number of piperidine rings is 1. The van der Waals surface area contributed by atoms with Crippen LogP contribution in [0.2, 0.25) is 0 Å². The fourth-order valence-corrected chi connectivity index (χ4v) is 5.14. The van der Waals surface area contributed by atoms with Crippen LogP contribution in [-0.2, 0) is 16.0 Å². The number of esters is 1. The molecular weight excluding hydrogens is 334 g/mol. The van der Waals surface area contributed by atoms with Crippen LogP contribution in [0.1, 0.15) is 50.2 Å². The number of nitrogens with zero attached hydrogens (tertiary/aromatic N) is 1. The summed E-state index contributed by atoms with van der Waals surface area (Å²) >= 11 is 0. The molecule has 0 aromatic heterocycles. The molecule has 1 unspecified atom stereocenters. The highest BCUT2D eigenvalue weighted by Crippen LogP contribution is 2.58. The van der Waals surface area contributed by atoms with Gasteiger partial charge in [-0.15, -0.1) is 0 Å². The average Bonchev–Trinajstić information content (AvgIpc) is 3.14. The molecule has 5 rings (SSSR count). The molecule has 3 aliphatic heterocycles. The molecule has 3 nitrogen and oxygen atoms in total. The van der Waals surface area contributed by atoms with Crippen molar-refractivity contribution in [2.45, 2.75) is 57.1 Å². The maximum absolute atomic E-state index is 12.1. The molecule has 0 radical (unpaired) electrons. The first-order valence-corrected chi connectivity index (χ1v) is 10.3. The van der Waals surface area contributed by atoms with Crippen molar-refractivity contribution in [3.63, 3.8) is 0 Å². The van der Waals surface area contributed by atoms with Crippen LogP contribution >= 0.6 is 0 Å². The van der Waals surface area contributed by atoms with Crippen LogP contribution in [0.5, 0.6) is 0 Å². The van der Waals surface area contributed by atoms with Crippen LogP contribution in [0.25, 0.3) is 0 Å². The van der Waals surface area contributed by atoms with E-state index < -0.39 is 5.60 Å². The number of aryl methyl sites for hydroxylation is 1. The van der Waals surface area contributed by atoms with Crippen molar-refractivity contribution in [3.05, 3.63) is 58.2 Å². The van der Waals surface area contributed by atoms with Crippen molar-refractivity contribution < 1.29 is 9.53 Å². The largest absolute Gasteiger partial charge is 0.445 e. The van der Waals surface area contributed by atoms with E-state index >= 15 is 0 Å². The first-order chi connectivity index (χ1) is 13.2. The van der Waals surface area contributed by atoms with Gasteiger partial charge >= 0.3 is 5.97 Å². The molecule has 3 heteroatoms. The molecule has 0 amide bonds. The van der Waals surface area contributed by atoms with E-state index in [-0.39, 0.29) is 5.97 Å². The smallest absolute Gasteiger partial charge is 0.332 e. The van der Waals surface area contributed by atoms with Crippen LogP contribution in [-0.4, -0.2) is 35.6 Å². The van der Waals surface area contributed by atoms with Gasteiger partial charge in [-0.2, -0.15) is 0 Å². The number of hydrogen-bond donors (Lipinski definition) is 0. The first kappa shape index (κ1) is 16.8. The van der Waals surface area contributed by atoms with E-state index in [0.717, 1.165) is 42.6 Å². The van der Waals surface area contributed by atoms with Gasteiger partial charge in [0.15, 0.2) is 5.60 Å².